The molecule has 0 aliphatic carbocycles. The van der Waals surface area contributed by atoms with Crippen LogP contribution in [0.2, 0.25) is 0 Å². The number of rotatable bonds is 5. The third kappa shape index (κ3) is 3.69. The third-order valence-electron chi connectivity index (χ3n) is 3.32. The van der Waals surface area contributed by atoms with E-state index < -0.39 is 0 Å². The standard InChI is InChI=1S/C17H17BrN2/c1-13(15-9-5-6-10-16(15)18)20-17(11-12-19)14-7-3-2-4-8-14/h2-10,13,17,20H,11H2,1H3/t13-,17?/m0/s1. The van der Waals surface area contributed by atoms with Crippen LogP contribution in [0.3, 0.4) is 0 Å². The second-order valence-electron chi connectivity index (χ2n) is 4.74. The zero-order chi connectivity index (χ0) is 14.4. The Morgan fingerprint density at radius 3 is 2.40 bits per heavy atom. The Kier molecular flexibility index (Phi) is 5.34. The van der Waals surface area contributed by atoms with Crippen LogP contribution in [0, 0.1) is 11.3 Å². The van der Waals surface area contributed by atoms with Gasteiger partial charge in [-0.3, -0.25) is 0 Å². The minimum Gasteiger partial charge on any atom is -0.302 e. The first kappa shape index (κ1) is 14.8. The van der Waals surface area contributed by atoms with Gasteiger partial charge in [-0.25, -0.2) is 0 Å². The van der Waals surface area contributed by atoms with Gasteiger partial charge in [0, 0.05) is 16.6 Å². The predicted octanol–water partition coefficient (Wildman–Crippen LogP) is 4.75. The number of nitrogens with zero attached hydrogens (tertiary/aromatic N) is 1. The Balaban J connectivity index is 2.17. The van der Waals surface area contributed by atoms with E-state index in [9.17, 15) is 0 Å². The van der Waals surface area contributed by atoms with Gasteiger partial charge in [-0.1, -0.05) is 64.5 Å². The summed E-state index contributed by atoms with van der Waals surface area (Å²) in [6.07, 6.45) is 0.457. The molecule has 0 aliphatic heterocycles. The molecule has 0 aromatic heterocycles. The molecule has 0 amide bonds. The van der Waals surface area contributed by atoms with E-state index in [1.807, 2.05) is 36.4 Å². The molecule has 0 aliphatic rings. The highest BCUT2D eigenvalue weighted by Crippen LogP contribution is 2.26. The number of hydrogen-bond acceptors (Lipinski definition) is 2. The maximum atomic E-state index is 9.04. The van der Waals surface area contributed by atoms with Crippen molar-refractivity contribution >= 4 is 15.9 Å². The van der Waals surface area contributed by atoms with E-state index in [2.05, 4.69) is 52.4 Å². The average molecular weight is 329 g/mol. The van der Waals surface area contributed by atoms with Crippen LogP contribution in [0.5, 0.6) is 0 Å². The van der Waals surface area contributed by atoms with Gasteiger partial charge in [-0.15, -0.1) is 0 Å². The molecule has 2 atom stereocenters. The molecule has 0 radical (unpaired) electrons. The Morgan fingerprint density at radius 2 is 1.75 bits per heavy atom. The van der Waals surface area contributed by atoms with Gasteiger partial charge in [0.05, 0.1) is 12.5 Å². The van der Waals surface area contributed by atoms with Crippen LogP contribution in [-0.4, -0.2) is 0 Å². The fourth-order valence-corrected chi connectivity index (χ4v) is 2.90. The summed E-state index contributed by atoms with van der Waals surface area (Å²) < 4.78 is 1.09. The van der Waals surface area contributed by atoms with E-state index in [0.717, 1.165) is 10.0 Å². The summed E-state index contributed by atoms with van der Waals surface area (Å²) in [4.78, 5) is 0. The number of benzene rings is 2. The molecule has 0 fully saturated rings. The van der Waals surface area contributed by atoms with E-state index in [-0.39, 0.29) is 12.1 Å². The van der Waals surface area contributed by atoms with Crippen LogP contribution >= 0.6 is 15.9 Å². The highest BCUT2D eigenvalue weighted by Gasteiger charge is 2.16. The molecule has 0 bridgehead atoms. The van der Waals surface area contributed by atoms with E-state index in [0.29, 0.717) is 6.42 Å². The monoisotopic (exact) mass is 328 g/mol. The maximum absolute atomic E-state index is 9.04. The quantitative estimate of drug-likeness (QED) is 0.859. The van der Waals surface area contributed by atoms with E-state index in [4.69, 9.17) is 5.26 Å². The van der Waals surface area contributed by atoms with Crippen molar-refractivity contribution in [3.8, 4) is 6.07 Å². The molecule has 0 spiro atoms. The Labute approximate surface area is 128 Å². The molecule has 0 saturated heterocycles. The number of nitrogens with one attached hydrogen (secondary N) is 1. The molecule has 20 heavy (non-hydrogen) atoms. The molecular weight excluding hydrogens is 312 g/mol. The largest absolute Gasteiger partial charge is 0.302 e. The molecule has 3 heteroatoms. The van der Waals surface area contributed by atoms with Gasteiger partial charge in [0.1, 0.15) is 0 Å². The smallest absolute Gasteiger partial charge is 0.0641 e. The number of halogens is 1. The molecule has 1 N–H and O–H groups in total. The minimum atomic E-state index is 0.0447. The first-order valence-electron chi connectivity index (χ1n) is 6.64. The van der Waals surface area contributed by atoms with Gasteiger partial charge >= 0.3 is 0 Å². The zero-order valence-corrected chi connectivity index (χ0v) is 13.0. The molecule has 1 unspecified atom stereocenters. The van der Waals surface area contributed by atoms with Crippen LogP contribution in [0.15, 0.2) is 59.1 Å². The van der Waals surface area contributed by atoms with Crippen LogP contribution in [0.25, 0.3) is 0 Å². The van der Waals surface area contributed by atoms with Gasteiger partial charge in [-0.05, 0) is 24.1 Å². The summed E-state index contributed by atoms with van der Waals surface area (Å²) in [5.74, 6) is 0. The predicted molar refractivity (Wildman–Crippen MR) is 85.1 cm³/mol. The van der Waals surface area contributed by atoms with Crippen molar-refractivity contribution in [3.63, 3.8) is 0 Å². The highest BCUT2D eigenvalue weighted by atomic mass is 79.9. The summed E-state index contributed by atoms with van der Waals surface area (Å²) in [6.45, 7) is 2.12. The maximum Gasteiger partial charge on any atom is 0.0641 e. The van der Waals surface area contributed by atoms with Crippen molar-refractivity contribution in [2.24, 2.45) is 0 Å². The van der Waals surface area contributed by atoms with Crippen molar-refractivity contribution < 1.29 is 0 Å². The Morgan fingerprint density at radius 1 is 1.10 bits per heavy atom. The number of nitriles is 1. The molecule has 0 heterocycles. The molecular formula is C17H17BrN2. The van der Waals surface area contributed by atoms with Gasteiger partial charge in [0.25, 0.3) is 0 Å². The molecule has 102 valence electrons. The van der Waals surface area contributed by atoms with Crippen molar-refractivity contribution in [1.29, 1.82) is 5.26 Å². The Bertz CT molecular complexity index is 589. The summed E-state index contributed by atoms with van der Waals surface area (Å²) in [7, 11) is 0. The van der Waals surface area contributed by atoms with Crippen molar-refractivity contribution in [3.05, 3.63) is 70.2 Å². The SMILES string of the molecule is C[C@H](NC(CC#N)c1ccccc1)c1ccccc1Br. The second kappa shape index (κ2) is 7.23. The average Bonchev–Trinajstić information content (AvgIpc) is 2.48. The van der Waals surface area contributed by atoms with Crippen molar-refractivity contribution in [1.82, 2.24) is 5.32 Å². The lowest BCUT2D eigenvalue weighted by molar-refractivity contribution is 0.471. The second-order valence-corrected chi connectivity index (χ2v) is 5.59. The van der Waals surface area contributed by atoms with E-state index in [1.165, 1.54) is 5.56 Å². The van der Waals surface area contributed by atoms with Crippen molar-refractivity contribution in [2.75, 3.05) is 0 Å². The fraction of sp³-hybridized carbons (Fsp3) is 0.235. The number of hydrogen-bond donors (Lipinski definition) is 1. The van der Waals surface area contributed by atoms with Gasteiger partial charge < -0.3 is 5.32 Å². The van der Waals surface area contributed by atoms with Crippen LogP contribution < -0.4 is 5.32 Å². The first-order chi connectivity index (χ1) is 9.72. The highest BCUT2D eigenvalue weighted by molar-refractivity contribution is 9.10. The zero-order valence-electron chi connectivity index (χ0n) is 11.4. The lowest BCUT2D eigenvalue weighted by Crippen LogP contribution is -2.24. The minimum absolute atomic E-state index is 0.0447. The first-order valence-corrected chi connectivity index (χ1v) is 7.44. The summed E-state index contributed by atoms with van der Waals surface area (Å²) in [5.41, 5.74) is 2.35. The topological polar surface area (TPSA) is 35.8 Å². The normalized spacial score (nSPS) is 13.4. The lowest BCUT2D eigenvalue weighted by atomic mass is 10.0. The van der Waals surface area contributed by atoms with Gasteiger partial charge in [0.15, 0.2) is 0 Å². The lowest BCUT2D eigenvalue weighted by Gasteiger charge is -2.23. The van der Waals surface area contributed by atoms with E-state index in [1.54, 1.807) is 0 Å². The van der Waals surface area contributed by atoms with Gasteiger partial charge in [0.2, 0.25) is 0 Å². The summed E-state index contributed by atoms with van der Waals surface area (Å²) in [6, 6.07) is 20.8. The molecule has 2 rings (SSSR count). The molecule has 2 nitrogen and oxygen atoms in total. The van der Waals surface area contributed by atoms with Crippen LogP contribution in [0.4, 0.5) is 0 Å². The summed E-state index contributed by atoms with van der Waals surface area (Å²) >= 11 is 3.58. The Hall–Kier alpha value is -1.63. The third-order valence-corrected chi connectivity index (χ3v) is 4.04. The van der Waals surface area contributed by atoms with E-state index >= 15 is 0 Å². The van der Waals surface area contributed by atoms with Crippen molar-refractivity contribution in [2.45, 2.75) is 25.4 Å². The molecule has 2 aromatic carbocycles. The van der Waals surface area contributed by atoms with Crippen LogP contribution in [-0.2, 0) is 0 Å². The van der Waals surface area contributed by atoms with Crippen LogP contribution in [0.1, 0.15) is 36.6 Å². The van der Waals surface area contributed by atoms with Gasteiger partial charge in [-0.2, -0.15) is 5.26 Å². The molecule has 2 aromatic rings. The molecule has 0 saturated carbocycles. The fourth-order valence-electron chi connectivity index (χ4n) is 2.27. The summed E-state index contributed by atoms with van der Waals surface area (Å²) in [5, 5.41) is 12.6.